The van der Waals surface area contributed by atoms with Gasteiger partial charge in [-0.15, -0.1) is 0 Å². The van der Waals surface area contributed by atoms with E-state index in [0.717, 1.165) is 70.4 Å². The van der Waals surface area contributed by atoms with Crippen LogP contribution in [-0.2, 0) is 5.54 Å². The van der Waals surface area contributed by atoms with Crippen LogP contribution in [-0.4, -0.2) is 25.7 Å². The Morgan fingerprint density at radius 3 is 2.61 bits per heavy atom. The van der Waals surface area contributed by atoms with Gasteiger partial charge in [-0.3, -0.25) is 4.57 Å². The summed E-state index contributed by atoms with van der Waals surface area (Å²) in [5, 5.41) is 15.5. The predicted octanol–water partition coefficient (Wildman–Crippen LogP) is 5.61. The fourth-order valence-corrected chi connectivity index (χ4v) is 5.04. The number of fused-ring (bicyclic) bond motifs is 5. The van der Waals surface area contributed by atoms with Gasteiger partial charge in [-0.2, -0.15) is 0 Å². The Kier molecular flexibility index (Phi) is 4.26. The summed E-state index contributed by atoms with van der Waals surface area (Å²) in [5.41, 5.74) is 6.38. The maximum Gasteiger partial charge on any atom is 0.405 e. The molecule has 1 saturated carbocycles. The number of nitrogens with one attached hydrogen (secondary N) is 2. The number of pyridine rings is 1. The summed E-state index contributed by atoms with van der Waals surface area (Å²) < 4.78 is 2.17. The van der Waals surface area contributed by atoms with E-state index < -0.39 is 11.6 Å². The lowest BCUT2D eigenvalue weighted by Gasteiger charge is -2.42. The molecule has 2 aromatic carbocycles. The van der Waals surface area contributed by atoms with Crippen molar-refractivity contribution in [1.82, 2.24) is 19.9 Å². The number of anilines is 2. The van der Waals surface area contributed by atoms with Crippen molar-refractivity contribution < 1.29 is 9.90 Å². The lowest BCUT2D eigenvalue weighted by atomic mass is 9.72. The minimum Gasteiger partial charge on any atom is -0.465 e. The Balaban J connectivity index is 1.52. The van der Waals surface area contributed by atoms with Gasteiger partial charge < -0.3 is 15.7 Å². The third-order valence-corrected chi connectivity index (χ3v) is 6.76. The van der Waals surface area contributed by atoms with E-state index in [4.69, 9.17) is 4.98 Å². The zero-order valence-corrected chi connectivity index (χ0v) is 18.2. The van der Waals surface area contributed by atoms with Crippen LogP contribution in [0.1, 0.15) is 30.5 Å². The van der Waals surface area contributed by atoms with Crippen molar-refractivity contribution in [2.75, 3.05) is 5.32 Å². The number of benzene rings is 2. The van der Waals surface area contributed by atoms with Crippen molar-refractivity contribution in [2.45, 2.75) is 31.7 Å². The summed E-state index contributed by atoms with van der Waals surface area (Å²) in [7, 11) is 0. The third-order valence-electron chi connectivity index (χ3n) is 6.76. The first-order chi connectivity index (χ1) is 16.1. The van der Waals surface area contributed by atoms with E-state index >= 15 is 0 Å². The van der Waals surface area contributed by atoms with Crippen LogP contribution in [0.3, 0.4) is 0 Å². The molecule has 164 valence electrons. The lowest BCUT2D eigenvalue weighted by Crippen LogP contribution is -2.50. The fraction of sp³-hybridized carbons (Fsp3) is 0.192. The topological polar surface area (TPSA) is 92.1 Å². The van der Waals surface area contributed by atoms with Crippen molar-refractivity contribution in [2.24, 2.45) is 0 Å². The van der Waals surface area contributed by atoms with Gasteiger partial charge in [0.2, 0.25) is 0 Å². The number of carboxylic acid groups (broad SMARTS) is 1. The first kappa shape index (κ1) is 19.5. The molecule has 4 aromatic rings. The van der Waals surface area contributed by atoms with Gasteiger partial charge in [0.1, 0.15) is 5.82 Å². The molecule has 1 amide bonds. The molecule has 2 aliphatic rings. The van der Waals surface area contributed by atoms with E-state index in [9.17, 15) is 9.90 Å². The molecule has 7 heteroatoms. The molecule has 0 bridgehead atoms. The van der Waals surface area contributed by atoms with Crippen molar-refractivity contribution >= 4 is 17.6 Å². The van der Waals surface area contributed by atoms with Crippen molar-refractivity contribution in [3.63, 3.8) is 0 Å². The molecule has 33 heavy (non-hydrogen) atoms. The minimum atomic E-state index is -0.981. The van der Waals surface area contributed by atoms with E-state index in [1.807, 2.05) is 49.4 Å². The molecule has 0 unspecified atom stereocenters. The maximum atomic E-state index is 11.4. The largest absolute Gasteiger partial charge is 0.465 e. The SMILES string of the molecule is Cc1nc2n(c1-c1ccc(C3(NC(=O)O)CCC3)cc1)-c1cccnc1Nc1ccccc1-2. The first-order valence-electron chi connectivity index (χ1n) is 11.1. The second-order valence-corrected chi connectivity index (χ2v) is 8.69. The molecule has 6 rings (SSSR count). The number of aryl methyl sites for hydroxylation is 1. The molecule has 3 N–H and O–H groups in total. The van der Waals surface area contributed by atoms with Gasteiger partial charge in [0, 0.05) is 17.3 Å². The molecule has 1 aliphatic carbocycles. The van der Waals surface area contributed by atoms with Gasteiger partial charge in [-0.05, 0) is 56.0 Å². The van der Waals surface area contributed by atoms with Crippen LogP contribution in [0.2, 0.25) is 0 Å². The highest BCUT2D eigenvalue weighted by molar-refractivity contribution is 5.86. The fourth-order valence-electron chi connectivity index (χ4n) is 5.04. The molecule has 0 atom stereocenters. The van der Waals surface area contributed by atoms with Crippen LogP contribution in [0.4, 0.5) is 16.3 Å². The van der Waals surface area contributed by atoms with E-state index in [1.54, 1.807) is 6.20 Å². The Bertz CT molecular complexity index is 1390. The molecular formula is C26H23N5O2. The molecule has 2 aromatic heterocycles. The van der Waals surface area contributed by atoms with Crippen molar-refractivity contribution in [1.29, 1.82) is 0 Å². The maximum absolute atomic E-state index is 11.4. The molecule has 7 nitrogen and oxygen atoms in total. The highest BCUT2D eigenvalue weighted by Gasteiger charge is 2.40. The number of rotatable bonds is 3. The number of amides is 1. The van der Waals surface area contributed by atoms with Crippen LogP contribution >= 0.6 is 0 Å². The number of hydrogen-bond donors (Lipinski definition) is 3. The summed E-state index contributed by atoms with van der Waals surface area (Å²) in [5.74, 6) is 1.64. The summed E-state index contributed by atoms with van der Waals surface area (Å²) in [6.07, 6.45) is 3.47. The normalized spacial score (nSPS) is 15.2. The zero-order valence-electron chi connectivity index (χ0n) is 18.2. The Morgan fingerprint density at radius 1 is 1.09 bits per heavy atom. The monoisotopic (exact) mass is 437 g/mol. The molecule has 0 saturated heterocycles. The van der Waals surface area contributed by atoms with Crippen LogP contribution in [0.5, 0.6) is 0 Å². The number of nitrogens with zero attached hydrogens (tertiary/aromatic N) is 3. The molecule has 0 radical (unpaired) electrons. The third kappa shape index (κ3) is 3.00. The van der Waals surface area contributed by atoms with Gasteiger partial charge in [-0.25, -0.2) is 14.8 Å². The van der Waals surface area contributed by atoms with Crippen molar-refractivity contribution in [3.8, 4) is 28.3 Å². The molecule has 1 aliphatic heterocycles. The van der Waals surface area contributed by atoms with Crippen LogP contribution in [0.25, 0.3) is 28.3 Å². The number of carbonyl (C=O) groups is 1. The quantitative estimate of drug-likeness (QED) is 0.341. The molecule has 0 spiro atoms. The highest BCUT2D eigenvalue weighted by atomic mass is 16.4. The van der Waals surface area contributed by atoms with E-state index in [-0.39, 0.29) is 0 Å². The second-order valence-electron chi connectivity index (χ2n) is 8.69. The number of para-hydroxylation sites is 1. The van der Waals surface area contributed by atoms with Gasteiger partial charge in [0.05, 0.1) is 28.3 Å². The second kappa shape index (κ2) is 7.20. The van der Waals surface area contributed by atoms with Crippen LogP contribution < -0.4 is 10.6 Å². The molecule has 3 heterocycles. The lowest BCUT2D eigenvalue weighted by molar-refractivity contribution is 0.144. The van der Waals surface area contributed by atoms with Gasteiger partial charge in [0.25, 0.3) is 0 Å². The Morgan fingerprint density at radius 2 is 1.88 bits per heavy atom. The van der Waals surface area contributed by atoms with E-state index in [1.165, 1.54) is 0 Å². The van der Waals surface area contributed by atoms with Crippen LogP contribution in [0, 0.1) is 6.92 Å². The van der Waals surface area contributed by atoms with E-state index in [2.05, 4.69) is 38.4 Å². The summed E-state index contributed by atoms with van der Waals surface area (Å²) in [4.78, 5) is 20.9. The van der Waals surface area contributed by atoms with Gasteiger partial charge in [0.15, 0.2) is 5.82 Å². The van der Waals surface area contributed by atoms with Crippen LogP contribution in [0.15, 0.2) is 66.9 Å². The number of hydrogen-bond acceptors (Lipinski definition) is 4. The zero-order chi connectivity index (χ0) is 22.6. The smallest absolute Gasteiger partial charge is 0.405 e. The Labute approximate surface area is 191 Å². The Hall–Kier alpha value is -4.13. The van der Waals surface area contributed by atoms with Gasteiger partial charge >= 0.3 is 6.09 Å². The summed E-state index contributed by atoms with van der Waals surface area (Å²) in [6.45, 7) is 2.02. The van der Waals surface area contributed by atoms with Crippen molar-refractivity contribution in [3.05, 3.63) is 78.1 Å². The average molecular weight is 438 g/mol. The standard InChI is InChI=1S/C26H23N5O2/c1-16-22(17-9-11-18(12-10-17)26(13-5-14-26)30-25(32)33)31-21-8-4-15-27-23(21)29-20-7-3-2-6-19(20)24(31)28-16/h2-4,6-12,15,30H,5,13-14H2,1H3,(H,27,29)(H,32,33). The highest BCUT2D eigenvalue weighted by Crippen LogP contribution is 2.44. The first-order valence-corrected chi connectivity index (χ1v) is 11.1. The summed E-state index contributed by atoms with van der Waals surface area (Å²) >= 11 is 0. The molecular weight excluding hydrogens is 414 g/mol. The number of aromatic nitrogens is 3. The molecule has 1 fully saturated rings. The minimum absolute atomic E-state index is 0.479. The predicted molar refractivity (Wildman–Crippen MR) is 127 cm³/mol. The van der Waals surface area contributed by atoms with Gasteiger partial charge in [-0.1, -0.05) is 36.4 Å². The average Bonchev–Trinajstić information content (AvgIpc) is 3.07. The number of imidazole rings is 1. The van der Waals surface area contributed by atoms with E-state index in [0.29, 0.717) is 0 Å². The summed E-state index contributed by atoms with van der Waals surface area (Å²) in [6, 6.07) is 20.3.